The minimum absolute atomic E-state index is 0.00633. The van der Waals surface area contributed by atoms with E-state index in [1.54, 1.807) is 0 Å². The van der Waals surface area contributed by atoms with Crippen molar-refractivity contribution >= 4 is 17.9 Å². The van der Waals surface area contributed by atoms with Crippen LogP contribution in [0, 0.1) is 23.2 Å². The molecule has 0 aromatic rings. The van der Waals surface area contributed by atoms with Gasteiger partial charge in [0.25, 0.3) is 0 Å². The topological polar surface area (TPSA) is 78.9 Å². The van der Waals surface area contributed by atoms with E-state index in [0.29, 0.717) is 19.3 Å². The highest BCUT2D eigenvalue weighted by Gasteiger charge is 2.75. The monoisotopic (exact) mass is 378 g/mol. The number of ether oxygens (including phenoxy) is 3. The van der Waals surface area contributed by atoms with Crippen LogP contribution in [0.3, 0.4) is 0 Å². The summed E-state index contributed by atoms with van der Waals surface area (Å²) in [6.45, 7) is 5.82. The van der Waals surface area contributed by atoms with Crippen LogP contribution >= 0.6 is 0 Å². The summed E-state index contributed by atoms with van der Waals surface area (Å²) < 4.78 is 17.3. The smallest absolute Gasteiger partial charge is 0.324 e. The van der Waals surface area contributed by atoms with Gasteiger partial charge in [-0.05, 0) is 51.4 Å². The molecular formula is C21H30O6. The number of esters is 3. The zero-order valence-corrected chi connectivity index (χ0v) is 16.5. The van der Waals surface area contributed by atoms with Crippen molar-refractivity contribution in [2.24, 2.45) is 23.2 Å². The molecule has 1 heterocycles. The molecule has 4 rings (SSSR count). The average Bonchev–Trinajstić information content (AvgIpc) is 3.38. The number of rotatable bonds is 6. The van der Waals surface area contributed by atoms with Gasteiger partial charge in [-0.2, -0.15) is 0 Å². The standard InChI is InChI=1S/C21H30O6/c1-4-12(3)17(22)25-15-13-10-14-16(15)26-18(23)21(14,11-13)19(24)27-20(5-2)8-6-7-9-20/h12-16H,4-11H2,1-3H3. The molecular weight excluding hydrogens is 348 g/mol. The van der Waals surface area contributed by atoms with Crippen molar-refractivity contribution in [3.05, 3.63) is 0 Å². The van der Waals surface area contributed by atoms with Crippen molar-refractivity contribution in [1.29, 1.82) is 0 Å². The van der Waals surface area contributed by atoms with Gasteiger partial charge in [0.1, 0.15) is 17.8 Å². The SMILES string of the molecule is CCC(C)C(=O)OC1C2CC3C1OC(=O)C3(C(=O)OC1(CC)CCCC1)C2. The summed E-state index contributed by atoms with van der Waals surface area (Å²) >= 11 is 0. The second kappa shape index (κ2) is 6.49. The van der Waals surface area contributed by atoms with Crippen LogP contribution in [0.1, 0.15) is 72.1 Å². The molecule has 6 atom stereocenters. The van der Waals surface area contributed by atoms with Gasteiger partial charge in [-0.3, -0.25) is 14.4 Å². The summed E-state index contributed by atoms with van der Waals surface area (Å²) in [6.07, 6.45) is 5.47. The highest BCUT2D eigenvalue weighted by Crippen LogP contribution is 2.63. The van der Waals surface area contributed by atoms with Crippen LogP contribution in [-0.4, -0.2) is 35.7 Å². The lowest BCUT2D eigenvalue weighted by molar-refractivity contribution is -0.178. The van der Waals surface area contributed by atoms with Crippen LogP contribution < -0.4 is 0 Å². The van der Waals surface area contributed by atoms with Crippen molar-refractivity contribution in [1.82, 2.24) is 0 Å². The van der Waals surface area contributed by atoms with Gasteiger partial charge in [0.2, 0.25) is 0 Å². The maximum atomic E-state index is 13.2. The predicted molar refractivity (Wildman–Crippen MR) is 95.4 cm³/mol. The summed E-state index contributed by atoms with van der Waals surface area (Å²) in [7, 11) is 0. The van der Waals surface area contributed by atoms with E-state index in [4.69, 9.17) is 14.2 Å². The van der Waals surface area contributed by atoms with Gasteiger partial charge >= 0.3 is 17.9 Å². The van der Waals surface area contributed by atoms with Crippen LogP contribution in [0.25, 0.3) is 0 Å². The molecule has 150 valence electrons. The van der Waals surface area contributed by atoms with Gasteiger partial charge in [0.15, 0.2) is 5.41 Å². The molecule has 0 amide bonds. The van der Waals surface area contributed by atoms with Crippen LogP contribution in [0.2, 0.25) is 0 Å². The van der Waals surface area contributed by atoms with Gasteiger partial charge in [0.05, 0.1) is 5.92 Å². The molecule has 3 saturated carbocycles. The Morgan fingerprint density at radius 3 is 2.59 bits per heavy atom. The number of hydrogen-bond acceptors (Lipinski definition) is 6. The first kappa shape index (κ1) is 18.8. The number of hydrogen-bond donors (Lipinski definition) is 0. The first-order valence-electron chi connectivity index (χ1n) is 10.5. The molecule has 3 aliphatic carbocycles. The van der Waals surface area contributed by atoms with E-state index in [1.165, 1.54) is 0 Å². The first-order chi connectivity index (χ1) is 12.9. The van der Waals surface area contributed by atoms with Gasteiger partial charge in [0, 0.05) is 11.8 Å². The van der Waals surface area contributed by atoms with Crippen LogP contribution in [0.5, 0.6) is 0 Å². The van der Waals surface area contributed by atoms with Gasteiger partial charge < -0.3 is 14.2 Å². The molecule has 1 saturated heterocycles. The fraction of sp³-hybridized carbons (Fsp3) is 0.857. The Kier molecular flexibility index (Phi) is 4.51. The zero-order valence-electron chi connectivity index (χ0n) is 16.5. The Balaban J connectivity index is 1.51. The van der Waals surface area contributed by atoms with E-state index in [0.717, 1.165) is 32.1 Å². The maximum Gasteiger partial charge on any atom is 0.324 e. The third-order valence-electron chi connectivity index (χ3n) is 7.67. The van der Waals surface area contributed by atoms with E-state index in [-0.39, 0.29) is 23.7 Å². The fourth-order valence-electron chi connectivity index (χ4n) is 5.68. The second-order valence-electron chi connectivity index (χ2n) is 8.99. The lowest BCUT2D eigenvalue weighted by Crippen LogP contribution is -2.48. The van der Waals surface area contributed by atoms with Crippen molar-refractivity contribution in [3.8, 4) is 0 Å². The van der Waals surface area contributed by atoms with Crippen molar-refractivity contribution in [2.45, 2.75) is 89.9 Å². The van der Waals surface area contributed by atoms with Crippen molar-refractivity contribution in [3.63, 3.8) is 0 Å². The van der Waals surface area contributed by atoms with Gasteiger partial charge in [-0.25, -0.2) is 0 Å². The minimum Gasteiger partial charge on any atom is -0.458 e. The fourth-order valence-corrected chi connectivity index (χ4v) is 5.68. The van der Waals surface area contributed by atoms with Crippen molar-refractivity contribution in [2.75, 3.05) is 0 Å². The highest BCUT2D eigenvalue weighted by molar-refractivity contribution is 6.03. The van der Waals surface area contributed by atoms with Crippen LogP contribution in [-0.2, 0) is 28.6 Å². The molecule has 0 spiro atoms. The van der Waals surface area contributed by atoms with E-state index < -0.39 is 35.2 Å². The quantitative estimate of drug-likeness (QED) is 0.401. The Morgan fingerprint density at radius 1 is 1.26 bits per heavy atom. The minimum atomic E-state index is -1.18. The molecule has 27 heavy (non-hydrogen) atoms. The summed E-state index contributed by atoms with van der Waals surface area (Å²) in [5.74, 6) is -1.54. The number of fused-ring (bicyclic) bond motifs is 1. The van der Waals surface area contributed by atoms with Gasteiger partial charge in [-0.15, -0.1) is 0 Å². The molecule has 4 fully saturated rings. The molecule has 2 bridgehead atoms. The third kappa shape index (κ3) is 2.62. The Hall–Kier alpha value is -1.59. The summed E-state index contributed by atoms with van der Waals surface area (Å²) in [5, 5.41) is 0. The Bertz CT molecular complexity index is 651. The first-order valence-corrected chi connectivity index (χ1v) is 10.5. The molecule has 6 heteroatoms. The van der Waals surface area contributed by atoms with Gasteiger partial charge in [-0.1, -0.05) is 20.8 Å². The number of carbonyl (C=O) groups excluding carboxylic acids is 3. The molecule has 0 radical (unpaired) electrons. The molecule has 1 aliphatic heterocycles. The lowest BCUT2D eigenvalue weighted by Gasteiger charge is -2.35. The molecule has 4 aliphatic rings. The third-order valence-corrected chi connectivity index (χ3v) is 7.67. The van der Waals surface area contributed by atoms with Crippen LogP contribution in [0.15, 0.2) is 0 Å². The highest BCUT2D eigenvalue weighted by atomic mass is 16.6. The second-order valence-corrected chi connectivity index (χ2v) is 8.99. The van der Waals surface area contributed by atoms with E-state index in [9.17, 15) is 14.4 Å². The molecule has 0 aromatic carbocycles. The van der Waals surface area contributed by atoms with E-state index >= 15 is 0 Å². The van der Waals surface area contributed by atoms with Crippen molar-refractivity contribution < 1.29 is 28.6 Å². The molecule has 6 nitrogen and oxygen atoms in total. The van der Waals surface area contributed by atoms with E-state index in [2.05, 4.69) is 0 Å². The lowest BCUT2D eigenvalue weighted by atomic mass is 9.73. The van der Waals surface area contributed by atoms with E-state index in [1.807, 2.05) is 20.8 Å². The molecule has 6 unspecified atom stereocenters. The Morgan fingerprint density at radius 2 is 1.96 bits per heavy atom. The summed E-state index contributed by atoms with van der Waals surface area (Å²) in [6, 6.07) is 0. The summed E-state index contributed by atoms with van der Waals surface area (Å²) in [4.78, 5) is 38.2. The summed E-state index contributed by atoms with van der Waals surface area (Å²) in [5.41, 5.74) is -1.60. The normalized spacial score (nSPS) is 39.3. The Labute approximate surface area is 160 Å². The predicted octanol–water partition coefficient (Wildman–Crippen LogP) is 3.16. The molecule has 0 N–H and O–H groups in total. The average molecular weight is 378 g/mol. The van der Waals surface area contributed by atoms with Crippen LogP contribution in [0.4, 0.5) is 0 Å². The zero-order chi connectivity index (χ0) is 19.4. The number of carbonyl (C=O) groups is 3. The largest absolute Gasteiger partial charge is 0.458 e. The maximum absolute atomic E-state index is 13.2. The molecule has 0 aromatic heterocycles.